The zero-order valence-corrected chi connectivity index (χ0v) is 14.6. The van der Waals surface area contributed by atoms with Crippen molar-refractivity contribution in [3.05, 3.63) is 47.4 Å². The van der Waals surface area contributed by atoms with Crippen LogP contribution in [0.2, 0.25) is 0 Å². The number of aliphatic imine (C=N–C) groups is 1. The number of fused-ring (bicyclic) bond motifs is 1. The van der Waals surface area contributed by atoms with Gasteiger partial charge >= 0.3 is 0 Å². The van der Waals surface area contributed by atoms with Crippen molar-refractivity contribution >= 4 is 11.5 Å². The van der Waals surface area contributed by atoms with Crippen molar-refractivity contribution in [2.24, 2.45) is 4.99 Å². The molecule has 1 aromatic carbocycles. The summed E-state index contributed by atoms with van der Waals surface area (Å²) >= 11 is 0. The van der Waals surface area contributed by atoms with Crippen molar-refractivity contribution in [3.8, 4) is 5.75 Å². The Morgan fingerprint density at radius 2 is 2.20 bits per heavy atom. The second-order valence-corrected chi connectivity index (χ2v) is 6.31. The van der Waals surface area contributed by atoms with Gasteiger partial charge in [-0.3, -0.25) is 4.99 Å². The monoisotopic (exact) mass is 338 g/mol. The van der Waals surface area contributed by atoms with E-state index in [0.29, 0.717) is 13.2 Å². The Balaban J connectivity index is 1.64. The highest BCUT2D eigenvalue weighted by molar-refractivity contribution is 6.14. The largest absolute Gasteiger partial charge is 0.494 e. The van der Waals surface area contributed by atoms with E-state index >= 15 is 0 Å². The standard InChI is InChI=1S/C19H22N4O2/c1-3-24-15-5-4-14-10-20-19(16(14)8-15)17-9-18(22-12-21-17)23-6-7-25-13(2)11-23/h4-5,8-9,12-13H,3,6-7,10-11H2,1-2H3/t13-/m1/s1. The van der Waals surface area contributed by atoms with E-state index in [4.69, 9.17) is 14.5 Å². The molecule has 130 valence electrons. The molecule has 1 aromatic heterocycles. The van der Waals surface area contributed by atoms with Crippen LogP contribution in [-0.4, -0.2) is 48.1 Å². The van der Waals surface area contributed by atoms with E-state index in [-0.39, 0.29) is 6.10 Å². The van der Waals surface area contributed by atoms with Crippen molar-refractivity contribution < 1.29 is 9.47 Å². The molecule has 4 rings (SSSR count). The predicted octanol–water partition coefficient (Wildman–Crippen LogP) is 2.45. The van der Waals surface area contributed by atoms with Gasteiger partial charge in [-0.05, 0) is 31.5 Å². The van der Waals surface area contributed by atoms with E-state index in [1.807, 2.05) is 19.1 Å². The summed E-state index contributed by atoms with van der Waals surface area (Å²) in [6.07, 6.45) is 1.84. The molecular weight excluding hydrogens is 316 g/mol. The Morgan fingerprint density at radius 3 is 3.04 bits per heavy atom. The van der Waals surface area contributed by atoms with Gasteiger partial charge in [-0.15, -0.1) is 0 Å². The summed E-state index contributed by atoms with van der Waals surface area (Å²) in [5, 5.41) is 0. The van der Waals surface area contributed by atoms with Crippen LogP contribution >= 0.6 is 0 Å². The highest BCUT2D eigenvalue weighted by Crippen LogP contribution is 2.27. The Labute approximate surface area is 147 Å². The van der Waals surface area contributed by atoms with Gasteiger partial charge in [-0.25, -0.2) is 9.97 Å². The average Bonchev–Trinajstić information content (AvgIpc) is 3.05. The predicted molar refractivity (Wildman–Crippen MR) is 96.6 cm³/mol. The molecule has 2 aliphatic rings. The molecule has 2 aliphatic heterocycles. The highest BCUT2D eigenvalue weighted by atomic mass is 16.5. The maximum atomic E-state index is 5.64. The van der Waals surface area contributed by atoms with Crippen LogP contribution in [0, 0.1) is 0 Å². The van der Waals surface area contributed by atoms with Crippen molar-refractivity contribution in [1.29, 1.82) is 0 Å². The molecule has 25 heavy (non-hydrogen) atoms. The Kier molecular flexibility index (Phi) is 4.36. The van der Waals surface area contributed by atoms with Crippen molar-refractivity contribution in [2.75, 3.05) is 31.2 Å². The van der Waals surface area contributed by atoms with Gasteiger partial charge in [0.1, 0.15) is 17.9 Å². The number of hydrogen-bond donors (Lipinski definition) is 0. The second-order valence-electron chi connectivity index (χ2n) is 6.31. The molecule has 0 N–H and O–H groups in total. The first kappa shape index (κ1) is 16.0. The maximum Gasteiger partial charge on any atom is 0.132 e. The van der Waals surface area contributed by atoms with Gasteiger partial charge in [0, 0.05) is 24.7 Å². The van der Waals surface area contributed by atoms with Crippen LogP contribution in [0.15, 0.2) is 35.6 Å². The third-order valence-electron chi connectivity index (χ3n) is 4.52. The number of aromatic nitrogens is 2. The van der Waals surface area contributed by atoms with Gasteiger partial charge in [0.2, 0.25) is 0 Å². The molecule has 1 saturated heterocycles. The van der Waals surface area contributed by atoms with Crippen LogP contribution in [-0.2, 0) is 11.3 Å². The van der Waals surface area contributed by atoms with E-state index < -0.39 is 0 Å². The second kappa shape index (κ2) is 6.80. The van der Waals surface area contributed by atoms with E-state index in [1.165, 1.54) is 5.56 Å². The molecule has 0 amide bonds. The lowest BCUT2D eigenvalue weighted by molar-refractivity contribution is 0.0529. The van der Waals surface area contributed by atoms with Gasteiger partial charge < -0.3 is 14.4 Å². The third-order valence-corrected chi connectivity index (χ3v) is 4.52. The highest BCUT2D eigenvalue weighted by Gasteiger charge is 2.22. The number of morpholine rings is 1. The molecular formula is C19H22N4O2. The van der Waals surface area contributed by atoms with Crippen LogP contribution in [0.5, 0.6) is 5.75 Å². The van der Waals surface area contributed by atoms with Crippen LogP contribution in [0.25, 0.3) is 0 Å². The molecule has 0 unspecified atom stereocenters. The minimum Gasteiger partial charge on any atom is -0.494 e. The van der Waals surface area contributed by atoms with E-state index in [2.05, 4.69) is 33.9 Å². The number of rotatable bonds is 4. The number of benzene rings is 1. The molecule has 6 nitrogen and oxygen atoms in total. The average molecular weight is 338 g/mol. The van der Waals surface area contributed by atoms with Gasteiger partial charge in [0.25, 0.3) is 0 Å². The van der Waals surface area contributed by atoms with Crippen LogP contribution in [0.1, 0.15) is 30.7 Å². The minimum absolute atomic E-state index is 0.213. The first-order valence-corrected chi connectivity index (χ1v) is 8.74. The Bertz CT molecular complexity index is 806. The zero-order valence-electron chi connectivity index (χ0n) is 14.6. The third kappa shape index (κ3) is 3.22. The maximum absolute atomic E-state index is 5.64. The molecule has 0 saturated carbocycles. The van der Waals surface area contributed by atoms with Crippen molar-refractivity contribution in [3.63, 3.8) is 0 Å². The quantitative estimate of drug-likeness (QED) is 0.857. The van der Waals surface area contributed by atoms with Crippen LogP contribution < -0.4 is 9.64 Å². The summed E-state index contributed by atoms with van der Waals surface area (Å²) in [6.45, 7) is 7.82. The van der Waals surface area contributed by atoms with Gasteiger partial charge in [0.05, 0.1) is 37.3 Å². The fraction of sp³-hybridized carbons (Fsp3) is 0.421. The van der Waals surface area contributed by atoms with Gasteiger partial charge in [-0.1, -0.05) is 6.07 Å². The van der Waals surface area contributed by atoms with Crippen molar-refractivity contribution in [1.82, 2.24) is 9.97 Å². The first-order chi connectivity index (χ1) is 12.2. The Morgan fingerprint density at radius 1 is 1.28 bits per heavy atom. The summed E-state index contributed by atoms with van der Waals surface area (Å²) in [7, 11) is 0. The number of nitrogens with zero attached hydrogens (tertiary/aromatic N) is 4. The summed E-state index contributed by atoms with van der Waals surface area (Å²) < 4.78 is 11.3. The number of anilines is 1. The fourth-order valence-corrected chi connectivity index (χ4v) is 3.31. The smallest absolute Gasteiger partial charge is 0.132 e. The van der Waals surface area contributed by atoms with E-state index in [9.17, 15) is 0 Å². The topological polar surface area (TPSA) is 59.8 Å². The summed E-state index contributed by atoms with van der Waals surface area (Å²) in [5.41, 5.74) is 4.09. The molecule has 0 bridgehead atoms. The molecule has 3 heterocycles. The lowest BCUT2D eigenvalue weighted by Gasteiger charge is -2.32. The molecule has 1 atom stereocenters. The Hall–Kier alpha value is -2.47. The molecule has 0 spiro atoms. The summed E-state index contributed by atoms with van der Waals surface area (Å²) in [5.74, 6) is 1.80. The first-order valence-electron chi connectivity index (χ1n) is 8.74. The van der Waals surface area contributed by atoms with Gasteiger partial charge in [-0.2, -0.15) is 0 Å². The zero-order chi connectivity index (χ0) is 17.2. The number of hydrogen-bond acceptors (Lipinski definition) is 6. The normalized spacial score (nSPS) is 19.5. The van der Waals surface area contributed by atoms with E-state index in [0.717, 1.165) is 48.2 Å². The minimum atomic E-state index is 0.213. The van der Waals surface area contributed by atoms with Crippen LogP contribution in [0.3, 0.4) is 0 Å². The number of ether oxygens (including phenoxy) is 2. The lowest BCUT2D eigenvalue weighted by atomic mass is 10.0. The molecule has 1 fully saturated rings. The molecule has 6 heteroatoms. The molecule has 2 aromatic rings. The van der Waals surface area contributed by atoms with E-state index in [1.54, 1.807) is 6.33 Å². The van der Waals surface area contributed by atoms with Gasteiger partial charge in [0.15, 0.2) is 0 Å². The SMILES string of the molecule is CCOc1ccc2c(c1)C(c1cc(N3CCO[C@H](C)C3)ncn1)=NC2. The fourth-order valence-electron chi connectivity index (χ4n) is 3.31. The lowest BCUT2D eigenvalue weighted by Crippen LogP contribution is -2.41. The molecule has 0 radical (unpaired) electrons. The van der Waals surface area contributed by atoms with Crippen LogP contribution in [0.4, 0.5) is 5.82 Å². The summed E-state index contributed by atoms with van der Waals surface area (Å²) in [6, 6.07) is 8.17. The van der Waals surface area contributed by atoms with Crippen molar-refractivity contribution in [2.45, 2.75) is 26.5 Å². The molecule has 0 aliphatic carbocycles. The summed E-state index contributed by atoms with van der Waals surface area (Å²) in [4.78, 5) is 15.9.